The average Bonchev–Trinajstić information content (AvgIpc) is 2.90. The number of benzene rings is 1. The summed E-state index contributed by atoms with van der Waals surface area (Å²) in [5.74, 6) is 0.613. The lowest BCUT2D eigenvalue weighted by atomic mass is 9.98. The predicted molar refractivity (Wildman–Crippen MR) is 80.3 cm³/mol. The van der Waals surface area contributed by atoms with Gasteiger partial charge in [0.1, 0.15) is 0 Å². The van der Waals surface area contributed by atoms with E-state index in [-0.39, 0.29) is 10.6 Å². The summed E-state index contributed by atoms with van der Waals surface area (Å²) in [6, 6.07) is 4.86. The van der Waals surface area contributed by atoms with E-state index in [0.29, 0.717) is 11.4 Å². The van der Waals surface area contributed by atoms with Crippen LogP contribution < -0.4 is 10.6 Å². The lowest BCUT2D eigenvalue weighted by Gasteiger charge is -2.30. The number of hydrogen-bond acceptors (Lipinski definition) is 6. The molecular weight excluding hydrogens is 276 g/mol. The number of rotatable bonds is 3. The van der Waals surface area contributed by atoms with Crippen molar-refractivity contribution in [2.75, 3.05) is 24.5 Å². The van der Waals surface area contributed by atoms with E-state index in [1.807, 2.05) is 0 Å². The average molecular weight is 292 g/mol. The van der Waals surface area contributed by atoms with Crippen molar-refractivity contribution >= 4 is 32.4 Å². The van der Waals surface area contributed by atoms with Crippen molar-refractivity contribution in [3.63, 3.8) is 0 Å². The molecule has 1 saturated heterocycles. The van der Waals surface area contributed by atoms with Crippen molar-refractivity contribution in [3.8, 4) is 0 Å². The van der Waals surface area contributed by atoms with E-state index in [0.717, 1.165) is 42.3 Å². The number of nitrogens with zero attached hydrogens (tertiary/aromatic N) is 3. The summed E-state index contributed by atoms with van der Waals surface area (Å²) in [7, 11) is 0. The van der Waals surface area contributed by atoms with Crippen LogP contribution in [-0.4, -0.2) is 29.5 Å². The SMILES string of the molecule is NCC1CCN(c2nc3cc([N+](=O)[O-])ccc3s2)CC1. The van der Waals surface area contributed by atoms with Crippen LogP contribution in [0.5, 0.6) is 0 Å². The summed E-state index contributed by atoms with van der Waals surface area (Å²) in [4.78, 5) is 17.2. The molecule has 1 aliphatic heterocycles. The van der Waals surface area contributed by atoms with Gasteiger partial charge >= 0.3 is 0 Å². The topological polar surface area (TPSA) is 85.3 Å². The van der Waals surface area contributed by atoms with Crippen molar-refractivity contribution in [3.05, 3.63) is 28.3 Å². The first-order chi connectivity index (χ1) is 9.67. The quantitative estimate of drug-likeness (QED) is 0.693. The number of thiazole rings is 1. The Morgan fingerprint density at radius 2 is 2.20 bits per heavy atom. The summed E-state index contributed by atoms with van der Waals surface area (Å²) >= 11 is 1.59. The van der Waals surface area contributed by atoms with Crippen LogP contribution in [0.4, 0.5) is 10.8 Å². The molecule has 1 fully saturated rings. The third kappa shape index (κ3) is 2.46. The third-order valence-electron chi connectivity index (χ3n) is 3.79. The molecule has 0 unspecified atom stereocenters. The molecule has 2 N–H and O–H groups in total. The van der Waals surface area contributed by atoms with Crippen LogP contribution in [0.3, 0.4) is 0 Å². The van der Waals surface area contributed by atoms with Crippen LogP contribution in [0, 0.1) is 16.0 Å². The molecule has 3 rings (SSSR count). The lowest BCUT2D eigenvalue weighted by molar-refractivity contribution is -0.384. The summed E-state index contributed by atoms with van der Waals surface area (Å²) in [5, 5.41) is 11.7. The van der Waals surface area contributed by atoms with Gasteiger partial charge in [0.05, 0.1) is 15.1 Å². The van der Waals surface area contributed by atoms with Gasteiger partial charge in [-0.05, 0) is 31.4 Å². The van der Waals surface area contributed by atoms with Gasteiger partial charge in [-0.1, -0.05) is 11.3 Å². The van der Waals surface area contributed by atoms with E-state index in [1.165, 1.54) is 6.07 Å². The van der Waals surface area contributed by atoms with Crippen LogP contribution in [0.15, 0.2) is 18.2 Å². The van der Waals surface area contributed by atoms with Crippen LogP contribution >= 0.6 is 11.3 Å². The fourth-order valence-electron chi connectivity index (χ4n) is 2.51. The van der Waals surface area contributed by atoms with Crippen molar-refractivity contribution in [2.24, 2.45) is 11.7 Å². The summed E-state index contributed by atoms with van der Waals surface area (Å²) in [5.41, 5.74) is 6.50. The number of nitrogens with two attached hydrogens (primary N) is 1. The second kappa shape index (κ2) is 5.34. The molecule has 2 heterocycles. The predicted octanol–water partition coefficient (Wildman–Crippen LogP) is 2.38. The van der Waals surface area contributed by atoms with Crippen molar-refractivity contribution in [1.82, 2.24) is 4.98 Å². The summed E-state index contributed by atoms with van der Waals surface area (Å²) in [6.07, 6.45) is 2.18. The smallest absolute Gasteiger partial charge is 0.271 e. The van der Waals surface area contributed by atoms with Crippen molar-refractivity contribution in [2.45, 2.75) is 12.8 Å². The Morgan fingerprint density at radius 1 is 1.45 bits per heavy atom. The highest BCUT2D eigenvalue weighted by Gasteiger charge is 2.21. The molecule has 2 aromatic rings. The largest absolute Gasteiger partial charge is 0.348 e. The first-order valence-electron chi connectivity index (χ1n) is 6.67. The highest BCUT2D eigenvalue weighted by Crippen LogP contribution is 2.32. The Hall–Kier alpha value is -1.73. The molecule has 1 aliphatic rings. The van der Waals surface area contributed by atoms with E-state index in [4.69, 9.17) is 5.73 Å². The minimum atomic E-state index is -0.384. The summed E-state index contributed by atoms with van der Waals surface area (Å²) in [6.45, 7) is 2.67. The zero-order valence-electron chi connectivity index (χ0n) is 11.0. The Morgan fingerprint density at radius 3 is 2.85 bits per heavy atom. The minimum absolute atomic E-state index is 0.0937. The number of nitro groups is 1. The number of piperidine rings is 1. The van der Waals surface area contributed by atoms with Gasteiger partial charge in [0.25, 0.3) is 5.69 Å². The van der Waals surface area contributed by atoms with Gasteiger partial charge in [-0.15, -0.1) is 0 Å². The van der Waals surface area contributed by atoms with Crippen LogP contribution in [0.1, 0.15) is 12.8 Å². The highest BCUT2D eigenvalue weighted by molar-refractivity contribution is 7.22. The summed E-state index contributed by atoms with van der Waals surface area (Å²) < 4.78 is 0.992. The van der Waals surface area contributed by atoms with E-state index in [9.17, 15) is 10.1 Å². The second-order valence-corrected chi connectivity index (χ2v) is 6.08. The Kier molecular flexibility index (Phi) is 3.54. The molecule has 0 saturated carbocycles. The number of aromatic nitrogens is 1. The van der Waals surface area contributed by atoms with Gasteiger partial charge in [0.2, 0.25) is 0 Å². The first kappa shape index (κ1) is 13.3. The Bertz CT molecular complexity index is 634. The number of anilines is 1. The molecule has 0 bridgehead atoms. The number of fused-ring (bicyclic) bond motifs is 1. The molecule has 0 radical (unpaired) electrons. The lowest BCUT2D eigenvalue weighted by Crippen LogP contribution is -2.35. The van der Waals surface area contributed by atoms with Gasteiger partial charge in [0.15, 0.2) is 5.13 Å². The Balaban J connectivity index is 1.84. The fraction of sp³-hybridized carbons (Fsp3) is 0.462. The van der Waals surface area contributed by atoms with E-state index in [1.54, 1.807) is 23.5 Å². The molecule has 20 heavy (non-hydrogen) atoms. The Labute approximate surface area is 120 Å². The maximum atomic E-state index is 10.8. The van der Waals surface area contributed by atoms with Gasteiger partial charge in [0, 0.05) is 25.2 Å². The van der Waals surface area contributed by atoms with Crippen molar-refractivity contribution < 1.29 is 4.92 Å². The number of nitro benzene ring substituents is 1. The molecule has 7 heteroatoms. The van der Waals surface area contributed by atoms with Gasteiger partial charge in [-0.2, -0.15) is 0 Å². The molecule has 6 nitrogen and oxygen atoms in total. The number of non-ortho nitro benzene ring substituents is 1. The van der Waals surface area contributed by atoms with E-state index < -0.39 is 0 Å². The molecule has 1 aromatic carbocycles. The van der Waals surface area contributed by atoms with Crippen LogP contribution in [0.2, 0.25) is 0 Å². The first-order valence-corrected chi connectivity index (χ1v) is 7.49. The zero-order valence-corrected chi connectivity index (χ0v) is 11.8. The fourth-order valence-corrected chi connectivity index (χ4v) is 3.51. The zero-order chi connectivity index (χ0) is 14.1. The highest BCUT2D eigenvalue weighted by atomic mass is 32.1. The van der Waals surface area contributed by atoms with Crippen molar-refractivity contribution in [1.29, 1.82) is 0 Å². The van der Waals surface area contributed by atoms with E-state index >= 15 is 0 Å². The second-order valence-electron chi connectivity index (χ2n) is 5.07. The normalized spacial score (nSPS) is 16.8. The van der Waals surface area contributed by atoms with Crippen LogP contribution in [-0.2, 0) is 0 Å². The molecule has 0 amide bonds. The van der Waals surface area contributed by atoms with Gasteiger partial charge < -0.3 is 10.6 Å². The van der Waals surface area contributed by atoms with Gasteiger partial charge in [-0.3, -0.25) is 10.1 Å². The monoisotopic (exact) mass is 292 g/mol. The maximum absolute atomic E-state index is 10.8. The van der Waals surface area contributed by atoms with Gasteiger partial charge in [-0.25, -0.2) is 4.98 Å². The molecule has 0 spiro atoms. The van der Waals surface area contributed by atoms with E-state index in [2.05, 4.69) is 9.88 Å². The maximum Gasteiger partial charge on any atom is 0.271 e. The number of hydrogen-bond donors (Lipinski definition) is 1. The standard InChI is InChI=1S/C13H16N4O2S/c14-8-9-3-5-16(6-4-9)13-15-11-7-10(17(18)19)1-2-12(11)20-13/h1-2,7,9H,3-6,8,14H2. The molecule has 1 aromatic heterocycles. The molecule has 0 atom stereocenters. The molecule has 106 valence electrons. The molecular formula is C13H16N4O2S. The van der Waals surface area contributed by atoms with Crippen LogP contribution in [0.25, 0.3) is 10.2 Å². The minimum Gasteiger partial charge on any atom is -0.348 e. The molecule has 0 aliphatic carbocycles. The third-order valence-corrected chi connectivity index (χ3v) is 4.89.